The van der Waals surface area contributed by atoms with Gasteiger partial charge in [-0.1, -0.05) is 18.2 Å². The zero-order valence-corrected chi connectivity index (χ0v) is 16.9. The maximum Gasteiger partial charge on any atom is 0.271 e. The van der Waals surface area contributed by atoms with Gasteiger partial charge in [0.25, 0.3) is 5.91 Å². The molecule has 3 rings (SSSR count). The first-order chi connectivity index (χ1) is 13.0. The van der Waals surface area contributed by atoms with E-state index in [2.05, 4.69) is 31.4 Å². The van der Waals surface area contributed by atoms with Crippen LogP contribution >= 0.6 is 15.9 Å². The van der Waals surface area contributed by atoms with E-state index in [-0.39, 0.29) is 12.6 Å². The number of nitrogens with one attached hydrogen (secondary N) is 1. The van der Waals surface area contributed by atoms with Crippen LogP contribution in [-0.4, -0.2) is 32.0 Å². The Balaban J connectivity index is 1.43. The maximum atomic E-state index is 12.2. The molecule has 3 aromatic rings. The lowest BCUT2D eigenvalue weighted by atomic mass is 10.3. The fourth-order valence-electron chi connectivity index (χ4n) is 2.63. The van der Waals surface area contributed by atoms with Crippen LogP contribution in [0.15, 0.2) is 47.1 Å². The first-order valence-corrected chi connectivity index (χ1v) is 9.53. The van der Waals surface area contributed by atoms with Crippen molar-refractivity contribution in [2.75, 3.05) is 6.54 Å². The lowest BCUT2D eigenvalue weighted by Gasteiger charge is -2.06. The molecule has 2 aromatic heterocycles. The van der Waals surface area contributed by atoms with Gasteiger partial charge in [-0.15, -0.1) is 0 Å². The lowest BCUT2D eigenvalue weighted by Crippen LogP contribution is -2.26. The van der Waals surface area contributed by atoms with Crippen LogP contribution < -0.4 is 10.1 Å². The molecule has 1 aromatic carbocycles. The summed E-state index contributed by atoms with van der Waals surface area (Å²) in [5.41, 5.74) is 2.44. The number of benzene rings is 1. The summed E-state index contributed by atoms with van der Waals surface area (Å²) in [7, 11) is 0. The van der Waals surface area contributed by atoms with Crippen LogP contribution in [0, 0.1) is 13.8 Å². The van der Waals surface area contributed by atoms with Crippen LogP contribution in [0.4, 0.5) is 0 Å². The van der Waals surface area contributed by atoms with Crippen molar-refractivity contribution in [2.45, 2.75) is 33.5 Å². The second kappa shape index (κ2) is 8.85. The van der Waals surface area contributed by atoms with E-state index in [1.807, 2.05) is 48.9 Å². The van der Waals surface area contributed by atoms with Gasteiger partial charge in [0.1, 0.15) is 11.4 Å². The second-order valence-corrected chi connectivity index (χ2v) is 6.94. The Morgan fingerprint density at radius 2 is 1.96 bits per heavy atom. The Bertz CT molecular complexity index is 904. The Morgan fingerprint density at radius 3 is 2.67 bits per heavy atom. The van der Waals surface area contributed by atoms with Gasteiger partial charge in [-0.3, -0.25) is 9.48 Å². The Hall–Kier alpha value is -2.61. The molecule has 8 heteroatoms. The number of carbonyl (C=O) groups is 1. The summed E-state index contributed by atoms with van der Waals surface area (Å²) in [5, 5.41) is 11.6. The Morgan fingerprint density at radius 1 is 1.19 bits per heavy atom. The molecule has 0 fully saturated rings. The largest absolute Gasteiger partial charge is 0.471 e. The maximum absolute atomic E-state index is 12.2. The number of nitrogens with zero attached hydrogens (tertiary/aromatic N) is 4. The normalized spacial score (nSPS) is 10.8. The fraction of sp³-hybridized carbons (Fsp3) is 0.316. The molecule has 0 radical (unpaired) electrons. The van der Waals surface area contributed by atoms with Crippen LogP contribution in [0.5, 0.6) is 5.75 Å². The summed E-state index contributed by atoms with van der Waals surface area (Å²) in [6.45, 7) is 5.55. The highest BCUT2D eigenvalue weighted by molar-refractivity contribution is 9.10. The topological polar surface area (TPSA) is 74.0 Å². The average molecular weight is 432 g/mol. The Kier molecular flexibility index (Phi) is 6.28. The van der Waals surface area contributed by atoms with Crippen molar-refractivity contribution in [1.82, 2.24) is 24.9 Å². The van der Waals surface area contributed by atoms with E-state index in [0.717, 1.165) is 34.6 Å². The van der Waals surface area contributed by atoms with Crippen molar-refractivity contribution < 1.29 is 9.53 Å². The highest BCUT2D eigenvalue weighted by atomic mass is 79.9. The monoisotopic (exact) mass is 431 g/mol. The molecule has 2 heterocycles. The van der Waals surface area contributed by atoms with E-state index in [4.69, 9.17) is 4.74 Å². The molecule has 27 heavy (non-hydrogen) atoms. The number of hydrogen-bond acceptors (Lipinski definition) is 4. The number of halogens is 1. The van der Waals surface area contributed by atoms with E-state index < -0.39 is 0 Å². The fourth-order valence-corrected chi connectivity index (χ4v) is 2.91. The molecule has 1 amide bonds. The van der Waals surface area contributed by atoms with E-state index in [0.29, 0.717) is 12.2 Å². The van der Waals surface area contributed by atoms with Gasteiger partial charge in [0.2, 0.25) is 0 Å². The molecular weight excluding hydrogens is 410 g/mol. The molecule has 0 aliphatic heterocycles. The smallest absolute Gasteiger partial charge is 0.271 e. The summed E-state index contributed by atoms with van der Waals surface area (Å²) < 4.78 is 10.2. The van der Waals surface area contributed by atoms with Gasteiger partial charge in [-0.05, 0) is 54.4 Å². The number of carbonyl (C=O) groups excluding carboxylic acids is 1. The van der Waals surface area contributed by atoms with Crippen LogP contribution in [0.3, 0.4) is 0 Å². The molecule has 0 aliphatic carbocycles. The number of amides is 1. The SMILES string of the molecule is Cc1nn(CCCNC(=O)c2ccn(COc3ccccc3)n2)c(C)c1Br. The van der Waals surface area contributed by atoms with Crippen molar-refractivity contribution in [3.8, 4) is 5.75 Å². The summed E-state index contributed by atoms with van der Waals surface area (Å²) in [4.78, 5) is 12.2. The molecule has 142 valence electrons. The molecule has 0 atom stereocenters. The van der Waals surface area contributed by atoms with Crippen LogP contribution in [-0.2, 0) is 13.3 Å². The van der Waals surface area contributed by atoms with Crippen LogP contribution in [0.2, 0.25) is 0 Å². The Labute approximate surface area is 166 Å². The molecule has 1 N–H and O–H groups in total. The highest BCUT2D eigenvalue weighted by Crippen LogP contribution is 2.19. The van der Waals surface area contributed by atoms with Crippen LogP contribution in [0.25, 0.3) is 0 Å². The predicted molar refractivity (Wildman–Crippen MR) is 106 cm³/mol. The van der Waals surface area contributed by atoms with Gasteiger partial charge < -0.3 is 10.1 Å². The summed E-state index contributed by atoms with van der Waals surface area (Å²) >= 11 is 3.52. The number of ether oxygens (including phenoxy) is 1. The average Bonchev–Trinajstić information content (AvgIpc) is 3.25. The first-order valence-electron chi connectivity index (χ1n) is 8.73. The van der Waals surface area contributed by atoms with E-state index >= 15 is 0 Å². The molecule has 0 bridgehead atoms. The molecule has 7 nitrogen and oxygen atoms in total. The molecular formula is C19H22BrN5O2. The van der Waals surface area contributed by atoms with Crippen molar-refractivity contribution >= 4 is 21.8 Å². The van der Waals surface area contributed by atoms with Gasteiger partial charge in [0.15, 0.2) is 6.73 Å². The minimum absolute atomic E-state index is 0.192. The minimum atomic E-state index is -0.192. The van der Waals surface area contributed by atoms with Crippen molar-refractivity contribution in [3.63, 3.8) is 0 Å². The quantitative estimate of drug-likeness (QED) is 0.555. The predicted octanol–water partition coefficient (Wildman–Crippen LogP) is 3.32. The zero-order valence-electron chi connectivity index (χ0n) is 15.4. The third kappa shape index (κ3) is 4.97. The van der Waals surface area contributed by atoms with Gasteiger partial charge in [0.05, 0.1) is 10.2 Å². The summed E-state index contributed by atoms with van der Waals surface area (Å²) in [6.07, 6.45) is 2.52. The van der Waals surface area contributed by atoms with Crippen LogP contribution in [0.1, 0.15) is 28.3 Å². The third-order valence-electron chi connectivity index (χ3n) is 4.11. The number of rotatable bonds is 8. The van der Waals surface area contributed by atoms with E-state index in [9.17, 15) is 4.79 Å². The third-order valence-corrected chi connectivity index (χ3v) is 5.25. The molecule has 0 aliphatic rings. The second-order valence-electron chi connectivity index (χ2n) is 6.14. The highest BCUT2D eigenvalue weighted by Gasteiger charge is 2.10. The number of hydrogen-bond donors (Lipinski definition) is 1. The van der Waals surface area contributed by atoms with E-state index in [1.54, 1.807) is 16.9 Å². The summed E-state index contributed by atoms with van der Waals surface area (Å²) in [6, 6.07) is 11.2. The number of para-hydroxylation sites is 1. The lowest BCUT2D eigenvalue weighted by molar-refractivity contribution is 0.0945. The van der Waals surface area contributed by atoms with E-state index in [1.165, 1.54) is 0 Å². The van der Waals surface area contributed by atoms with Gasteiger partial charge in [0, 0.05) is 25.0 Å². The molecule has 0 unspecified atom stereocenters. The van der Waals surface area contributed by atoms with Gasteiger partial charge >= 0.3 is 0 Å². The number of aromatic nitrogens is 4. The summed E-state index contributed by atoms with van der Waals surface area (Å²) in [5.74, 6) is 0.567. The molecule has 0 saturated heterocycles. The first kappa shape index (κ1) is 19.2. The standard InChI is InChI=1S/C19H22BrN5O2/c1-14-18(20)15(2)25(22-14)11-6-10-21-19(26)17-9-12-24(23-17)13-27-16-7-4-3-5-8-16/h3-5,7-9,12H,6,10-11,13H2,1-2H3,(H,21,26). The molecule has 0 saturated carbocycles. The van der Waals surface area contributed by atoms with Crippen molar-refractivity contribution in [2.24, 2.45) is 0 Å². The zero-order chi connectivity index (χ0) is 19.2. The van der Waals surface area contributed by atoms with Gasteiger partial charge in [-0.25, -0.2) is 4.68 Å². The van der Waals surface area contributed by atoms with Gasteiger partial charge in [-0.2, -0.15) is 10.2 Å². The minimum Gasteiger partial charge on any atom is -0.471 e. The van der Waals surface area contributed by atoms with Crippen molar-refractivity contribution in [3.05, 3.63) is 64.1 Å². The van der Waals surface area contributed by atoms with Crippen molar-refractivity contribution in [1.29, 1.82) is 0 Å². The number of aryl methyl sites for hydroxylation is 2. The molecule has 0 spiro atoms.